The Hall–Kier alpha value is 1.22. The molecule has 0 nitrogen and oxygen atoms in total. The van der Waals surface area contributed by atoms with E-state index in [4.69, 9.17) is 23.2 Å². The van der Waals surface area contributed by atoms with Crippen LogP contribution in [0, 0.1) is 5.82 Å². The normalized spacial score (nSPS) is 11.0. The van der Waals surface area contributed by atoms with Gasteiger partial charge in [-0.25, -0.2) is 4.39 Å². The van der Waals surface area contributed by atoms with Crippen molar-refractivity contribution in [3.63, 3.8) is 0 Å². The van der Waals surface area contributed by atoms with Crippen LogP contribution in [-0.4, -0.2) is 6.98 Å². The van der Waals surface area contributed by atoms with E-state index in [1.165, 1.54) is 0 Å². The van der Waals surface area contributed by atoms with Crippen LogP contribution in [0.5, 0.6) is 0 Å². The molecule has 1 rings (SSSR count). The molecule has 0 radical (unpaired) electrons. The molecule has 0 saturated carbocycles. The molecular formula is C6H2BCl2F4K. The predicted molar refractivity (Wildman–Crippen MR) is 45.1 cm³/mol. The van der Waals surface area contributed by atoms with Gasteiger partial charge in [0.15, 0.2) is 5.82 Å². The van der Waals surface area contributed by atoms with E-state index in [9.17, 15) is 17.3 Å². The van der Waals surface area contributed by atoms with Gasteiger partial charge in [0.25, 0.3) is 0 Å². The number of rotatable bonds is 1. The Morgan fingerprint density at radius 2 is 1.36 bits per heavy atom. The second kappa shape index (κ2) is 5.52. The van der Waals surface area contributed by atoms with Crippen LogP contribution in [0.4, 0.5) is 17.3 Å². The minimum atomic E-state index is -5.19. The standard InChI is InChI=1S/C6H2BCl2F4.K/c8-4-1-3(7(11,12)13)2-5(9)6(4)10;/h1-2H;/q-1;+1. The molecule has 0 aromatic heterocycles. The molecule has 1 aromatic carbocycles. The van der Waals surface area contributed by atoms with E-state index in [0.29, 0.717) is 12.1 Å². The molecule has 1 aromatic rings. The third-order valence-corrected chi connectivity index (χ3v) is 1.93. The molecule has 0 N–H and O–H groups in total. The molecule has 0 atom stereocenters. The van der Waals surface area contributed by atoms with Gasteiger partial charge >= 0.3 is 58.4 Å². The third kappa shape index (κ3) is 3.66. The van der Waals surface area contributed by atoms with E-state index in [1.807, 2.05) is 0 Å². The van der Waals surface area contributed by atoms with Crippen molar-refractivity contribution in [1.82, 2.24) is 0 Å². The van der Waals surface area contributed by atoms with Gasteiger partial charge < -0.3 is 12.9 Å². The summed E-state index contributed by atoms with van der Waals surface area (Å²) in [6.45, 7) is -5.19. The fourth-order valence-corrected chi connectivity index (χ4v) is 1.27. The first kappa shape index (κ1) is 15.2. The van der Waals surface area contributed by atoms with Crippen LogP contribution in [0.1, 0.15) is 0 Å². The smallest absolute Gasteiger partial charge is 0.445 e. The summed E-state index contributed by atoms with van der Waals surface area (Å²) in [6.07, 6.45) is 0. The zero-order valence-electron chi connectivity index (χ0n) is 7.00. The molecule has 0 bridgehead atoms. The SMILES string of the molecule is Fc1c(Cl)cc([B-](F)(F)F)cc1Cl.[K+]. The van der Waals surface area contributed by atoms with Crippen molar-refractivity contribution in [1.29, 1.82) is 0 Å². The van der Waals surface area contributed by atoms with Gasteiger partial charge in [-0.05, 0) is 0 Å². The molecule has 72 valence electrons. The molecule has 0 saturated heterocycles. The number of halogens is 6. The fraction of sp³-hybridized carbons (Fsp3) is 0. The fourth-order valence-electron chi connectivity index (χ4n) is 0.764. The van der Waals surface area contributed by atoms with Gasteiger partial charge in [0.1, 0.15) is 0 Å². The van der Waals surface area contributed by atoms with Crippen molar-refractivity contribution in [2.45, 2.75) is 0 Å². The van der Waals surface area contributed by atoms with Crippen LogP contribution < -0.4 is 56.8 Å². The maximum atomic E-state index is 12.7. The minimum absolute atomic E-state index is 0. The summed E-state index contributed by atoms with van der Waals surface area (Å²) in [5.41, 5.74) is -1.00. The van der Waals surface area contributed by atoms with Crippen LogP contribution in [-0.2, 0) is 0 Å². The molecule has 14 heavy (non-hydrogen) atoms. The van der Waals surface area contributed by atoms with Crippen molar-refractivity contribution >= 4 is 35.6 Å². The van der Waals surface area contributed by atoms with E-state index in [1.54, 1.807) is 0 Å². The van der Waals surface area contributed by atoms with E-state index in [0.717, 1.165) is 0 Å². The predicted octanol–water partition coefficient (Wildman–Crippen LogP) is 0.191. The monoisotopic (exact) mass is 270 g/mol. The van der Waals surface area contributed by atoms with Gasteiger partial charge in [0, 0.05) is 0 Å². The molecule has 0 aliphatic heterocycles. The van der Waals surface area contributed by atoms with E-state index in [-0.39, 0.29) is 51.4 Å². The van der Waals surface area contributed by atoms with Crippen molar-refractivity contribution in [3.05, 3.63) is 28.0 Å². The molecular weight excluding hydrogens is 269 g/mol. The van der Waals surface area contributed by atoms with Crippen LogP contribution >= 0.6 is 23.2 Å². The first-order chi connectivity index (χ1) is 5.82. The van der Waals surface area contributed by atoms with E-state index >= 15 is 0 Å². The molecule has 0 unspecified atom stereocenters. The number of hydrogen-bond acceptors (Lipinski definition) is 0. The quantitative estimate of drug-likeness (QED) is 0.388. The molecule has 0 amide bonds. The summed E-state index contributed by atoms with van der Waals surface area (Å²) in [4.78, 5) is 0. The molecule has 0 aliphatic rings. The molecule has 0 fully saturated rings. The number of benzene rings is 1. The Kier molecular flexibility index (Phi) is 6.00. The van der Waals surface area contributed by atoms with Crippen LogP contribution in [0.25, 0.3) is 0 Å². The van der Waals surface area contributed by atoms with E-state index in [2.05, 4.69) is 0 Å². The van der Waals surface area contributed by atoms with Gasteiger partial charge in [-0.1, -0.05) is 35.3 Å². The van der Waals surface area contributed by atoms with Gasteiger partial charge in [-0.3, -0.25) is 0 Å². The van der Waals surface area contributed by atoms with Crippen molar-refractivity contribution in [2.75, 3.05) is 0 Å². The summed E-state index contributed by atoms with van der Waals surface area (Å²) >= 11 is 10.4. The zero-order valence-corrected chi connectivity index (χ0v) is 11.6. The maximum absolute atomic E-state index is 12.7. The molecule has 0 aliphatic carbocycles. The van der Waals surface area contributed by atoms with Crippen molar-refractivity contribution in [2.24, 2.45) is 0 Å². The summed E-state index contributed by atoms with van der Waals surface area (Å²) < 4.78 is 49.0. The molecule has 0 heterocycles. The van der Waals surface area contributed by atoms with E-state index < -0.39 is 28.3 Å². The van der Waals surface area contributed by atoms with Crippen molar-refractivity contribution in [3.8, 4) is 0 Å². The van der Waals surface area contributed by atoms with Crippen molar-refractivity contribution < 1.29 is 68.7 Å². The Bertz CT molecular complexity index is 318. The Balaban J connectivity index is 0.00000169. The Morgan fingerprint density at radius 3 is 1.64 bits per heavy atom. The molecule has 8 heteroatoms. The second-order valence-corrected chi connectivity index (χ2v) is 3.19. The summed E-state index contributed by atoms with van der Waals surface area (Å²) in [6, 6.07) is 1.03. The summed E-state index contributed by atoms with van der Waals surface area (Å²) in [5.74, 6) is -1.04. The van der Waals surface area contributed by atoms with Gasteiger partial charge in [-0.2, -0.15) is 0 Å². The van der Waals surface area contributed by atoms with Gasteiger partial charge in [0.05, 0.1) is 10.0 Å². The van der Waals surface area contributed by atoms with Gasteiger partial charge in [-0.15, -0.1) is 5.46 Å². The summed E-state index contributed by atoms with van der Waals surface area (Å²) in [7, 11) is 0. The Morgan fingerprint density at radius 1 is 1.00 bits per heavy atom. The zero-order chi connectivity index (χ0) is 10.2. The number of hydrogen-bond donors (Lipinski definition) is 0. The topological polar surface area (TPSA) is 0 Å². The molecule has 0 spiro atoms. The first-order valence-corrected chi connectivity index (χ1v) is 3.92. The van der Waals surface area contributed by atoms with Gasteiger partial charge in [0.2, 0.25) is 0 Å². The van der Waals surface area contributed by atoms with Crippen LogP contribution in [0.15, 0.2) is 12.1 Å². The first-order valence-electron chi connectivity index (χ1n) is 3.16. The second-order valence-electron chi connectivity index (χ2n) is 2.37. The maximum Gasteiger partial charge on any atom is 1.00 e. The Labute approximate surface area is 130 Å². The van der Waals surface area contributed by atoms with Crippen LogP contribution in [0.2, 0.25) is 10.0 Å². The minimum Gasteiger partial charge on any atom is -0.445 e. The average molecular weight is 271 g/mol. The summed E-state index contributed by atoms with van der Waals surface area (Å²) in [5, 5.41) is -1.25. The van der Waals surface area contributed by atoms with Crippen LogP contribution in [0.3, 0.4) is 0 Å². The third-order valence-electron chi connectivity index (χ3n) is 1.38. The average Bonchev–Trinajstić information content (AvgIpc) is 1.97. The largest absolute Gasteiger partial charge is 1.00 e.